The van der Waals surface area contributed by atoms with Crippen molar-refractivity contribution < 1.29 is 9.59 Å². The van der Waals surface area contributed by atoms with Gasteiger partial charge in [0.25, 0.3) is 0 Å². The molecule has 1 N–H and O–H groups in total. The quantitative estimate of drug-likeness (QED) is 0.931. The molecule has 4 nitrogen and oxygen atoms in total. The zero-order valence-electron chi connectivity index (χ0n) is 13.8. The Labute approximate surface area is 146 Å². The van der Waals surface area contributed by atoms with Crippen molar-refractivity contribution in [3.63, 3.8) is 0 Å². The number of thioether (sulfide) groups is 1. The maximum Gasteiger partial charge on any atom is 0.239 e. The molecule has 0 unspecified atom stereocenters. The molecule has 0 bridgehead atoms. The zero-order chi connectivity index (χ0) is 17.1. The molecule has 0 aliphatic carbocycles. The van der Waals surface area contributed by atoms with Gasteiger partial charge in [0.2, 0.25) is 11.8 Å². The summed E-state index contributed by atoms with van der Waals surface area (Å²) in [4.78, 5) is 28.0. The second kappa shape index (κ2) is 7.09. The summed E-state index contributed by atoms with van der Waals surface area (Å²) in [6.45, 7) is 1.99. The van der Waals surface area contributed by atoms with Crippen molar-refractivity contribution in [3.8, 4) is 0 Å². The van der Waals surface area contributed by atoms with E-state index in [0.29, 0.717) is 5.75 Å². The maximum atomic E-state index is 13.2. The molecule has 1 aliphatic heterocycles. The zero-order valence-corrected chi connectivity index (χ0v) is 14.6. The molecule has 0 spiro atoms. The number of fused-ring (bicyclic) bond motifs is 1. The maximum absolute atomic E-state index is 13.2. The number of carbonyl (C=O) groups excluding carboxylic acids is 2. The van der Waals surface area contributed by atoms with Crippen LogP contribution in [0.3, 0.4) is 0 Å². The van der Waals surface area contributed by atoms with E-state index in [1.165, 1.54) is 0 Å². The average Bonchev–Trinajstić information content (AvgIpc) is 3.03. The lowest BCUT2D eigenvalue weighted by atomic mass is 9.99. The van der Waals surface area contributed by atoms with E-state index >= 15 is 0 Å². The topological polar surface area (TPSA) is 49.4 Å². The van der Waals surface area contributed by atoms with Crippen LogP contribution in [0.2, 0.25) is 0 Å². The first-order chi connectivity index (χ1) is 11.6. The van der Waals surface area contributed by atoms with Gasteiger partial charge in [-0.2, -0.15) is 0 Å². The van der Waals surface area contributed by atoms with Crippen molar-refractivity contribution in [1.29, 1.82) is 0 Å². The smallest absolute Gasteiger partial charge is 0.239 e. The molecule has 1 aliphatic rings. The SMILES string of the molecule is CNC(=O)CN(C(=O)[C@@H]1CSc2ccccc21)c1ccccc1C. The van der Waals surface area contributed by atoms with Crippen LogP contribution < -0.4 is 10.2 Å². The molecule has 3 rings (SSSR count). The summed E-state index contributed by atoms with van der Waals surface area (Å²) in [5.41, 5.74) is 2.83. The third-order valence-corrected chi connectivity index (χ3v) is 5.43. The predicted molar refractivity (Wildman–Crippen MR) is 97.5 cm³/mol. The lowest BCUT2D eigenvalue weighted by Gasteiger charge is -2.26. The van der Waals surface area contributed by atoms with Gasteiger partial charge < -0.3 is 10.2 Å². The number of likely N-dealkylation sites (N-methyl/N-ethyl adjacent to an activating group) is 1. The molecule has 0 saturated heterocycles. The molecular weight excluding hydrogens is 320 g/mol. The number of nitrogens with one attached hydrogen (secondary N) is 1. The van der Waals surface area contributed by atoms with Crippen LogP contribution in [-0.4, -0.2) is 31.2 Å². The summed E-state index contributed by atoms with van der Waals surface area (Å²) in [5.74, 6) is 0.306. The van der Waals surface area contributed by atoms with Gasteiger partial charge in [0.15, 0.2) is 0 Å². The molecular formula is C19H20N2O2S. The van der Waals surface area contributed by atoms with E-state index < -0.39 is 0 Å². The van der Waals surface area contributed by atoms with Crippen molar-refractivity contribution in [1.82, 2.24) is 5.32 Å². The summed E-state index contributed by atoms with van der Waals surface area (Å²) in [6, 6.07) is 15.7. The summed E-state index contributed by atoms with van der Waals surface area (Å²) in [6.07, 6.45) is 0. The van der Waals surface area contributed by atoms with Crippen LogP contribution in [0.15, 0.2) is 53.4 Å². The highest BCUT2D eigenvalue weighted by Crippen LogP contribution is 2.40. The van der Waals surface area contributed by atoms with Gasteiger partial charge in [-0.3, -0.25) is 9.59 Å². The number of para-hydroxylation sites is 1. The molecule has 2 aromatic carbocycles. The Morgan fingerprint density at radius 1 is 1.17 bits per heavy atom. The summed E-state index contributed by atoms with van der Waals surface area (Å²) >= 11 is 1.70. The van der Waals surface area contributed by atoms with Crippen LogP contribution in [0.4, 0.5) is 5.69 Å². The Bertz CT molecular complexity index is 775. The molecule has 0 fully saturated rings. The molecule has 0 aromatic heterocycles. The molecule has 0 saturated carbocycles. The van der Waals surface area contributed by atoms with E-state index in [9.17, 15) is 9.59 Å². The highest BCUT2D eigenvalue weighted by Gasteiger charge is 2.33. The van der Waals surface area contributed by atoms with Gasteiger partial charge in [0.1, 0.15) is 6.54 Å². The number of rotatable bonds is 4. The molecule has 1 atom stereocenters. The number of carbonyl (C=O) groups is 2. The van der Waals surface area contributed by atoms with Crippen LogP contribution in [0.5, 0.6) is 0 Å². The molecule has 1 heterocycles. The van der Waals surface area contributed by atoms with Gasteiger partial charge in [-0.15, -0.1) is 11.8 Å². The minimum atomic E-state index is -0.213. The van der Waals surface area contributed by atoms with Gasteiger partial charge in [-0.25, -0.2) is 0 Å². The highest BCUT2D eigenvalue weighted by molar-refractivity contribution is 7.99. The molecule has 5 heteroatoms. The Balaban J connectivity index is 1.96. The number of aryl methyl sites for hydroxylation is 1. The van der Waals surface area contributed by atoms with E-state index in [0.717, 1.165) is 21.7 Å². The number of nitrogens with zero attached hydrogens (tertiary/aromatic N) is 1. The normalized spacial score (nSPS) is 15.7. The first kappa shape index (κ1) is 16.6. The molecule has 2 aromatic rings. The monoisotopic (exact) mass is 340 g/mol. The van der Waals surface area contributed by atoms with E-state index in [1.807, 2.05) is 55.5 Å². The fraction of sp³-hybridized carbons (Fsp3) is 0.263. The van der Waals surface area contributed by atoms with E-state index in [4.69, 9.17) is 0 Å². The van der Waals surface area contributed by atoms with Crippen LogP contribution in [0, 0.1) is 6.92 Å². The Kier molecular flexibility index (Phi) is 4.90. The second-order valence-corrected chi connectivity index (χ2v) is 6.85. The molecule has 0 radical (unpaired) electrons. The Hall–Kier alpha value is -2.27. The first-order valence-corrected chi connectivity index (χ1v) is 8.89. The number of hydrogen-bond acceptors (Lipinski definition) is 3. The van der Waals surface area contributed by atoms with Crippen molar-refractivity contribution in [2.45, 2.75) is 17.7 Å². The van der Waals surface area contributed by atoms with Crippen LogP contribution in [-0.2, 0) is 9.59 Å². The van der Waals surface area contributed by atoms with Crippen molar-refractivity contribution in [2.75, 3.05) is 24.2 Å². The number of benzene rings is 2. The summed E-state index contributed by atoms with van der Waals surface area (Å²) in [7, 11) is 1.59. The number of amides is 2. The van der Waals surface area contributed by atoms with E-state index in [2.05, 4.69) is 5.32 Å². The van der Waals surface area contributed by atoms with Gasteiger partial charge >= 0.3 is 0 Å². The van der Waals surface area contributed by atoms with Crippen LogP contribution in [0.1, 0.15) is 17.0 Å². The highest BCUT2D eigenvalue weighted by atomic mass is 32.2. The standard InChI is InChI=1S/C19H20N2O2S/c1-13-7-3-5-9-16(13)21(11-18(22)20-2)19(23)15-12-24-17-10-6-4-8-14(15)17/h3-10,15H,11-12H2,1-2H3,(H,20,22)/t15-/m1/s1. The van der Waals surface area contributed by atoms with Crippen molar-refractivity contribution >= 4 is 29.3 Å². The fourth-order valence-electron chi connectivity index (χ4n) is 2.93. The van der Waals surface area contributed by atoms with Gasteiger partial charge in [-0.05, 0) is 30.2 Å². The predicted octanol–water partition coefficient (Wildman–Crippen LogP) is 2.96. The molecule has 2 amide bonds. The summed E-state index contributed by atoms with van der Waals surface area (Å²) in [5, 5.41) is 2.61. The minimum Gasteiger partial charge on any atom is -0.358 e. The largest absolute Gasteiger partial charge is 0.358 e. The lowest BCUT2D eigenvalue weighted by Crippen LogP contribution is -2.42. The second-order valence-electron chi connectivity index (χ2n) is 5.79. The minimum absolute atomic E-state index is 0.0228. The number of anilines is 1. The lowest BCUT2D eigenvalue weighted by molar-refractivity contribution is -0.124. The van der Waals surface area contributed by atoms with Crippen molar-refractivity contribution in [3.05, 3.63) is 59.7 Å². The third-order valence-electron chi connectivity index (χ3n) is 4.25. The molecule has 124 valence electrons. The average molecular weight is 340 g/mol. The van der Waals surface area contributed by atoms with Crippen LogP contribution in [0.25, 0.3) is 0 Å². The number of hydrogen-bond donors (Lipinski definition) is 1. The van der Waals surface area contributed by atoms with Gasteiger partial charge in [0, 0.05) is 23.4 Å². The first-order valence-electron chi connectivity index (χ1n) is 7.91. The van der Waals surface area contributed by atoms with E-state index in [1.54, 1.807) is 23.7 Å². The van der Waals surface area contributed by atoms with Crippen LogP contribution >= 0.6 is 11.8 Å². The Morgan fingerprint density at radius 3 is 2.62 bits per heavy atom. The van der Waals surface area contributed by atoms with E-state index in [-0.39, 0.29) is 24.3 Å². The summed E-state index contributed by atoms with van der Waals surface area (Å²) < 4.78 is 0. The van der Waals surface area contributed by atoms with Gasteiger partial charge in [-0.1, -0.05) is 36.4 Å². The van der Waals surface area contributed by atoms with Gasteiger partial charge in [0.05, 0.1) is 5.92 Å². The Morgan fingerprint density at radius 2 is 1.88 bits per heavy atom. The fourth-order valence-corrected chi connectivity index (χ4v) is 4.15. The third kappa shape index (κ3) is 3.17. The van der Waals surface area contributed by atoms with Crippen molar-refractivity contribution in [2.24, 2.45) is 0 Å². The molecule has 24 heavy (non-hydrogen) atoms.